The minimum absolute atomic E-state index is 0.0150. The Labute approximate surface area is 122 Å². The van der Waals surface area contributed by atoms with Crippen LogP contribution in [0.3, 0.4) is 0 Å². The van der Waals surface area contributed by atoms with Gasteiger partial charge in [0.15, 0.2) is 0 Å². The molecule has 0 spiro atoms. The van der Waals surface area contributed by atoms with Crippen molar-refractivity contribution in [3.8, 4) is 6.07 Å². The fourth-order valence-electron chi connectivity index (χ4n) is 1.78. The maximum absolute atomic E-state index is 12.2. The predicted molar refractivity (Wildman–Crippen MR) is 75.5 cm³/mol. The molecule has 1 aromatic carbocycles. The van der Waals surface area contributed by atoms with E-state index < -0.39 is 10.0 Å². The molecular weight excluding hydrogens is 292 g/mol. The molecule has 110 valence electrons. The van der Waals surface area contributed by atoms with Crippen molar-refractivity contribution in [2.24, 2.45) is 7.05 Å². The lowest BCUT2D eigenvalue weighted by molar-refractivity contribution is 0.579. The van der Waals surface area contributed by atoms with Crippen LogP contribution in [-0.2, 0) is 23.5 Å². The number of hydrogen-bond acceptors (Lipinski definition) is 6. The number of rotatable bonds is 5. The first-order valence-corrected chi connectivity index (χ1v) is 7.54. The van der Waals surface area contributed by atoms with Gasteiger partial charge in [-0.05, 0) is 18.2 Å². The highest BCUT2D eigenvalue weighted by atomic mass is 32.2. The van der Waals surface area contributed by atoms with E-state index in [-0.39, 0.29) is 17.0 Å². The molecule has 0 aliphatic carbocycles. The first kappa shape index (κ1) is 15.0. The second kappa shape index (κ2) is 5.90. The van der Waals surface area contributed by atoms with E-state index in [9.17, 15) is 8.42 Å². The highest BCUT2D eigenvalue weighted by Gasteiger charge is 2.18. The molecule has 0 unspecified atom stereocenters. The number of sulfonamides is 1. The quantitative estimate of drug-likeness (QED) is 0.736. The Hall–Kier alpha value is -2.44. The number of nitrogens with zero attached hydrogens (tertiary/aromatic N) is 4. The van der Waals surface area contributed by atoms with Crippen LogP contribution in [0.15, 0.2) is 29.4 Å². The Morgan fingerprint density at radius 2 is 2.24 bits per heavy atom. The largest absolute Gasteiger partial charge is 0.399 e. The molecule has 0 bridgehead atoms. The molecule has 0 amide bonds. The van der Waals surface area contributed by atoms with Crippen LogP contribution < -0.4 is 10.5 Å². The van der Waals surface area contributed by atoms with Gasteiger partial charge in [-0.1, -0.05) is 0 Å². The van der Waals surface area contributed by atoms with E-state index in [0.29, 0.717) is 17.9 Å². The maximum atomic E-state index is 12.2. The molecule has 0 radical (unpaired) electrons. The molecule has 0 saturated carbocycles. The van der Waals surface area contributed by atoms with Crippen LogP contribution in [0.25, 0.3) is 0 Å². The van der Waals surface area contributed by atoms with Gasteiger partial charge in [-0.3, -0.25) is 0 Å². The van der Waals surface area contributed by atoms with Gasteiger partial charge in [0.25, 0.3) is 0 Å². The van der Waals surface area contributed by atoms with Crippen molar-refractivity contribution in [3.05, 3.63) is 35.9 Å². The van der Waals surface area contributed by atoms with Gasteiger partial charge in [-0.2, -0.15) is 5.26 Å². The number of benzene rings is 1. The second-order valence-electron chi connectivity index (χ2n) is 4.37. The van der Waals surface area contributed by atoms with Crippen molar-refractivity contribution >= 4 is 15.7 Å². The van der Waals surface area contributed by atoms with Gasteiger partial charge in [0.05, 0.1) is 10.5 Å². The Balaban J connectivity index is 2.12. The van der Waals surface area contributed by atoms with Gasteiger partial charge in [0.1, 0.15) is 18.2 Å². The highest BCUT2D eigenvalue weighted by Crippen LogP contribution is 2.17. The average molecular weight is 306 g/mol. The molecule has 0 saturated heterocycles. The molecule has 2 rings (SSSR count). The zero-order chi connectivity index (χ0) is 15.5. The fourth-order valence-corrected chi connectivity index (χ4v) is 2.95. The van der Waals surface area contributed by atoms with Crippen LogP contribution in [0.4, 0.5) is 5.69 Å². The SMILES string of the molecule is Cn1cnnc1CCNS(=O)(=O)c1ccc(N)cc1C#N. The summed E-state index contributed by atoms with van der Waals surface area (Å²) in [5.41, 5.74) is 5.90. The average Bonchev–Trinajstić information content (AvgIpc) is 2.84. The van der Waals surface area contributed by atoms with Crippen LogP contribution in [0.5, 0.6) is 0 Å². The van der Waals surface area contributed by atoms with Crippen molar-refractivity contribution in [1.29, 1.82) is 5.26 Å². The van der Waals surface area contributed by atoms with Gasteiger partial charge < -0.3 is 10.3 Å². The van der Waals surface area contributed by atoms with E-state index in [1.807, 2.05) is 6.07 Å². The molecule has 0 fully saturated rings. The monoisotopic (exact) mass is 306 g/mol. The Kier molecular flexibility index (Phi) is 4.21. The molecular formula is C12H14N6O2S. The standard InChI is InChI=1S/C12H14N6O2S/c1-18-8-15-17-12(18)4-5-16-21(19,20)11-3-2-10(14)6-9(11)7-13/h2-3,6,8,16H,4-5,14H2,1H3. The predicted octanol–water partition coefficient (Wildman–Crippen LogP) is -0.210. The summed E-state index contributed by atoms with van der Waals surface area (Å²) in [6.07, 6.45) is 1.93. The summed E-state index contributed by atoms with van der Waals surface area (Å²) in [4.78, 5) is -0.0860. The van der Waals surface area contributed by atoms with Crippen molar-refractivity contribution in [2.45, 2.75) is 11.3 Å². The third kappa shape index (κ3) is 3.36. The highest BCUT2D eigenvalue weighted by molar-refractivity contribution is 7.89. The van der Waals surface area contributed by atoms with Crippen molar-refractivity contribution in [3.63, 3.8) is 0 Å². The number of aryl methyl sites for hydroxylation is 1. The molecule has 0 atom stereocenters. The summed E-state index contributed by atoms with van der Waals surface area (Å²) < 4.78 is 28.5. The Bertz CT molecular complexity index is 790. The number of nitrogens with two attached hydrogens (primary N) is 1. The minimum Gasteiger partial charge on any atom is -0.399 e. The number of nitrogen functional groups attached to an aromatic ring is 1. The second-order valence-corrected chi connectivity index (χ2v) is 6.11. The van der Waals surface area contributed by atoms with Gasteiger partial charge in [0.2, 0.25) is 10.0 Å². The number of nitrogens with one attached hydrogen (secondary N) is 1. The molecule has 21 heavy (non-hydrogen) atoms. The number of aromatic nitrogens is 3. The van der Waals surface area contributed by atoms with E-state index in [1.165, 1.54) is 24.5 Å². The van der Waals surface area contributed by atoms with Crippen LogP contribution in [0.1, 0.15) is 11.4 Å². The lowest BCUT2D eigenvalue weighted by Gasteiger charge is -2.08. The minimum atomic E-state index is -3.77. The maximum Gasteiger partial charge on any atom is 0.241 e. The van der Waals surface area contributed by atoms with Gasteiger partial charge in [0, 0.05) is 25.7 Å². The smallest absolute Gasteiger partial charge is 0.241 e. The molecule has 1 aromatic heterocycles. The van der Waals surface area contributed by atoms with Crippen molar-refractivity contribution in [1.82, 2.24) is 19.5 Å². The summed E-state index contributed by atoms with van der Waals surface area (Å²) in [6.45, 7) is 0.157. The molecule has 0 aliphatic rings. The van der Waals surface area contributed by atoms with Gasteiger partial charge >= 0.3 is 0 Å². The Morgan fingerprint density at radius 1 is 1.48 bits per heavy atom. The summed E-state index contributed by atoms with van der Waals surface area (Å²) in [5, 5.41) is 16.6. The third-order valence-corrected chi connectivity index (χ3v) is 4.38. The van der Waals surface area contributed by atoms with E-state index in [4.69, 9.17) is 11.0 Å². The zero-order valence-electron chi connectivity index (χ0n) is 11.3. The topological polar surface area (TPSA) is 127 Å². The van der Waals surface area contributed by atoms with E-state index >= 15 is 0 Å². The van der Waals surface area contributed by atoms with Crippen LogP contribution in [-0.4, -0.2) is 29.7 Å². The summed E-state index contributed by atoms with van der Waals surface area (Å²) >= 11 is 0. The summed E-state index contributed by atoms with van der Waals surface area (Å²) in [5.74, 6) is 0.663. The third-order valence-electron chi connectivity index (χ3n) is 2.86. The Morgan fingerprint density at radius 3 is 2.86 bits per heavy atom. The summed E-state index contributed by atoms with van der Waals surface area (Å²) in [7, 11) is -2.00. The van der Waals surface area contributed by atoms with E-state index in [2.05, 4.69) is 14.9 Å². The molecule has 3 N–H and O–H groups in total. The zero-order valence-corrected chi connectivity index (χ0v) is 12.1. The van der Waals surface area contributed by atoms with Crippen LogP contribution >= 0.6 is 0 Å². The van der Waals surface area contributed by atoms with Gasteiger partial charge in [-0.25, -0.2) is 13.1 Å². The fraction of sp³-hybridized carbons (Fsp3) is 0.250. The number of hydrogen-bond donors (Lipinski definition) is 2. The first-order chi connectivity index (χ1) is 9.94. The lowest BCUT2D eigenvalue weighted by atomic mass is 10.2. The van der Waals surface area contributed by atoms with Crippen LogP contribution in [0.2, 0.25) is 0 Å². The molecule has 1 heterocycles. The van der Waals surface area contributed by atoms with Crippen LogP contribution in [0, 0.1) is 11.3 Å². The lowest BCUT2D eigenvalue weighted by Crippen LogP contribution is -2.27. The van der Waals surface area contributed by atoms with E-state index in [0.717, 1.165) is 0 Å². The van der Waals surface area contributed by atoms with Crippen molar-refractivity contribution in [2.75, 3.05) is 12.3 Å². The van der Waals surface area contributed by atoms with Crippen molar-refractivity contribution < 1.29 is 8.42 Å². The number of nitriles is 1. The van der Waals surface area contributed by atoms with E-state index in [1.54, 1.807) is 11.6 Å². The molecule has 0 aliphatic heterocycles. The van der Waals surface area contributed by atoms with Gasteiger partial charge in [-0.15, -0.1) is 10.2 Å². The molecule has 8 nitrogen and oxygen atoms in total. The number of anilines is 1. The molecule has 9 heteroatoms. The normalized spacial score (nSPS) is 11.2. The first-order valence-electron chi connectivity index (χ1n) is 6.06. The molecule has 2 aromatic rings. The summed E-state index contributed by atoms with van der Waals surface area (Å²) in [6, 6.07) is 5.92.